The molecular formula is C13H18N4O4. The van der Waals surface area contributed by atoms with Crippen LogP contribution in [-0.2, 0) is 19.9 Å². The molecule has 2 N–H and O–H groups in total. The average molecular weight is 294 g/mol. The van der Waals surface area contributed by atoms with Crippen LogP contribution in [0.5, 0.6) is 0 Å². The number of carboxylic acids is 1. The molecule has 0 unspecified atom stereocenters. The number of nitrogens with zero attached hydrogens (tertiary/aromatic N) is 3. The Morgan fingerprint density at radius 2 is 2.14 bits per heavy atom. The third-order valence-corrected chi connectivity index (χ3v) is 3.66. The van der Waals surface area contributed by atoms with E-state index in [1.54, 1.807) is 7.05 Å². The SMILES string of the molecule is CN1C[C@@H](C(=O)Nc2cnn(C(C)(C)C(=O)O)c2)CC1=O. The van der Waals surface area contributed by atoms with Crippen LogP contribution in [0.25, 0.3) is 0 Å². The summed E-state index contributed by atoms with van der Waals surface area (Å²) in [6.45, 7) is 3.41. The fourth-order valence-corrected chi connectivity index (χ4v) is 2.07. The van der Waals surface area contributed by atoms with Gasteiger partial charge in [-0.25, -0.2) is 4.79 Å². The molecule has 8 heteroatoms. The van der Waals surface area contributed by atoms with Gasteiger partial charge in [0.15, 0.2) is 5.54 Å². The number of anilines is 1. The van der Waals surface area contributed by atoms with Crippen molar-refractivity contribution in [3.8, 4) is 0 Å². The highest BCUT2D eigenvalue weighted by molar-refractivity contribution is 5.97. The number of amides is 2. The van der Waals surface area contributed by atoms with Gasteiger partial charge in [0.1, 0.15) is 0 Å². The number of carbonyl (C=O) groups is 3. The largest absolute Gasteiger partial charge is 0.479 e. The monoisotopic (exact) mass is 294 g/mol. The molecule has 0 bridgehead atoms. The Labute approximate surface area is 121 Å². The van der Waals surface area contributed by atoms with Crippen molar-refractivity contribution in [3.63, 3.8) is 0 Å². The number of aliphatic carboxylic acids is 1. The van der Waals surface area contributed by atoms with Crippen LogP contribution < -0.4 is 5.32 Å². The number of hydrogen-bond donors (Lipinski definition) is 2. The molecule has 2 rings (SSSR count). The molecule has 0 radical (unpaired) electrons. The summed E-state index contributed by atoms with van der Waals surface area (Å²) in [6, 6.07) is 0. The zero-order valence-electron chi connectivity index (χ0n) is 12.2. The smallest absolute Gasteiger partial charge is 0.331 e. The van der Waals surface area contributed by atoms with Crippen LogP contribution in [0.1, 0.15) is 20.3 Å². The van der Waals surface area contributed by atoms with E-state index in [2.05, 4.69) is 10.4 Å². The summed E-state index contributed by atoms with van der Waals surface area (Å²) in [5.74, 6) is -1.73. The number of aromatic nitrogens is 2. The van der Waals surface area contributed by atoms with Crippen LogP contribution in [0.15, 0.2) is 12.4 Å². The van der Waals surface area contributed by atoms with Crippen molar-refractivity contribution in [2.45, 2.75) is 25.8 Å². The molecule has 2 amide bonds. The molecule has 0 aliphatic carbocycles. The third kappa shape index (κ3) is 2.88. The number of carbonyl (C=O) groups excluding carboxylic acids is 2. The Morgan fingerprint density at radius 1 is 1.48 bits per heavy atom. The Balaban J connectivity index is 2.05. The van der Waals surface area contributed by atoms with E-state index in [-0.39, 0.29) is 18.2 Å². The van der Waals surface area contributed by atoms with Gasteiger partial charge in [-0.15, -0.1) is 0 Å². The number of nitrogens with one attached hydrogen (secondary N) is 1. The Morgan fingerprint density at radius 3 is 2.67 bits per heavy atom. The summed E-state index contributed by atoms with van der Waals surface area (Å²) >= 11 is 0. The predicted octanol–water partition coefficient (Wildman–Crippen LogP) is 0.120. The summed E-state index contributed by atoms with van der Waals surface area (Å²) < 4.78 is 1.27. The highest BCUT2D eigenvalue weighted by atomic mass is 16.4. The molecule has 114 valence electrons. The van der Waals surface area contributed by atoms with Crippen molar-refractivity contribution in [1.29, 1.82) is 0 Å². The molecule has 1 atom stereocenters. The lowest BCUT2D eigenvalue weighted by atomic mass is 10.1. The highest BCUT2D eigenvalue weighted by Gasteiger charge is 2.33. The van der Waals surface area contributed by atoms with E-state index in [0.29, 0.717) is 12.2 Å². The van der Waals surface area contributed by atoms with Gasteiger partial charge >= 0.3 is 5.97 Å². The molecular weight excluding hydrogens is 276 g/mol. The van der Waals surface area contributed by atoms with E-state index in [1.807, 2.05) is 0 Å². The molecule has 1 fully saturated rings. The first-order valence-electron chi connectivity index (χ1n) is 6.55. The highest BCUT2D eigenvalue weighted by Crippen LogP contribution is 2.20. The second kappa shape index (κ2) is 5.19. The zero-order chi connectivity index (χ0) is 15.8. The maximum absolute atomic E-state index is 12.1. The van der Waals surface area contributed by atoms with Crippen LogP contribution in [0.4, 0.5) is 5.69 Å². The fourth-order valence-electron chi connectivity index (χ4n) is 2.07. The number of hydrogen-bond acceptors (Lipinski definition) is 4. The normalized spacial score (nSPS) is 18.9. The molecule has 2 heterocycles. The second-order valence-corrected chi connectivity index (χ2v) is 5.70. The lowest BCUT2D eigenvalue weighted by Gasteiger charge is -2.19. The van der Waals surface area contributed by atoms with E-state index >= 15 is 0 Å². The van der Waals surface area contributed by atoms with E-state index in [1.165, 1.54) is 35.8 Å². The average Bonchev–Trinajstić information content (AvgIpc) is 2.98. The van der Waals surface area contributed by atoms with Crippen molar-refractivity contribution in [1.82, 2.24) is 14.7 Å². The van der Waals surface area contributed by atoms with Crippen LogP contribution in [0.2, 0.25) is 0 Å². The minimum absolute atomic E-state index is 0.0575. The van der Waals surface area contributed by atoms with Crippen molar-refractivity contribution < 1.29 is 19.5 Å². The fraction of sp³-hybridized carbons (Fsp3) is 0.538. The van der Waals surface area contributed by atoms with Gasteiger partial charge in [-0.1, -0.05) is 0 Å². The number of likely N-dealkylation sites (tertiary alicyclic amines) is 1. The van der Waals surface area contributed by atoms with Gasteiger partial charge in [0, 0.05) is 26.2 Å². The Bertz CT molecular complexity index is 593. The van der Waals surface area contributed by atoms with Gasteiger partial charge in [-0.3, -0.25) is 14.3 Å². The molecule has 1 aliphatic heterocycles. The quantitative estimate of drug-likeness (QED) is 0.820. The van der Waals surface area contributed by atoms with Crippen molar-refractivity contribution in [2.24, 2.45) is 5.92 Å². The van der Waals surface area contributed by atoms with Gasteiger partial charge in [0.2, 0.25) is 11.8 Å². The van der Waals surface area contributed by atoms with Gasteiger partial charge in [0.25, 0.3) is 0 Å². The van der Waals surface area contributed by atoms with Gasteiger partial charge < -0.3 is 15.3 Å². The van der Waals surface area contributed by atoms with E-state index in [9.17, 15) is 14.4 Å². The zero-order valence-corrected chi connectivity index (χ0v) is 12.2. The molecule has 1 aromatic rings. The van der Waals surface area contributed by atoms with Crippen LogP contribution in [0, 0.1) is 5.92 Å². The van der Waals surface area contributed by atoms with Gasteiger partial charge in [-0.2, -0.15) is 5.10 Å². The summed E-state index contributed by atoms with van der Waals surface area (Å²) in [6.07, 6.45) is 3.05. The van der Waals surface area contributed by atoms with Crippen molar-refractivity contribution >= 4 is 23.5 Å². The summed E-state index contributed by atoms with van der Waals surface area (Å²) in [7, 11) is 1.66. The molecule has 8 nitrogen and oxygen atoms in total. The Hall–Kier alpha value is -2.38. The van der Waals surface area contributed by atoms with Gasteiger partial charge in [0.05, 0.1) is 17.8 Å². The first kappa shape index (κ1) is 15.0. The molecule has 1 saturated heterocycles. The maximum Gasteiger partial charge on any atom is 0.331 e. The number of rotatable bonds is 4. The van der Waals surface area contributed by atoms with E-state index in [0.717, 1.165) is 0 Å². The topological polar surface area (TPSA) is 105 Å². The standard InChI is InChI=1S/C13H18N4O4/c1-13(2,12(20)21)17-7-9(5-14-17)15-11(19)8-4-10(18)16(3)6-8/h5,7-8H,4,6H2,1-3H3,(H,15,19)(H,20,21)/t8-/m0/s1. The van der Waals surface area contributed by atoms with Crippen molar-refractivity contribution in [2.75, 3.05) is 18.9 Å². The van der Waals surface area contributed by atoms with Crippen molar-refractivity contribution in [3.05, 3.63) is 12.4 Å². The molecule has 1 aliphatic rings. The first-order valence-corrected chi connectivity index (χ1v) is 6.55. The minimum atomic E-state index is -1.20. The first-order chi connectivity index (χ1) is 9.71. The second-order valence-electron chi connectivity index (χ2n) is 5.70. The molecule has 21 heavy (non-hydrogen) atoms. The summed E-state index contributed by atoms with van der Waals surface area (Å²) in [5.41, 5.74) is -0.789. The molecule has 0 saturated carbocycles. The number of carboxylic acid groups (broad SMARTS) is 1. The van der Waals surface area contributed by atoms with E-state index in [4.69, 9.17) is 5.11 Å². The Kier molecular flexibility index (Phi) is 3.71. The molecule has 0 spiro atoms. The van der Waals surface area contributed by atoms with Gasteiger partial charge in [-0.05, 0) is 13.8 Å². The maximum atomic E-state index is 12.1. The van der Waals surface area contributed by atoms with Crippen LogP contribution >= 0.6 is 0 Å². The lowest BCUT2D eigenvalue weighted by Crippen LogP contribution is -2.36. The molecule has 1 aromatic heterocycles. The lowest BCUT2D eigenvalue weighted by molar-refractivity contribution is -0.146. The molecule has 0 aromatic carbocycles. The minimum Gasteiger partial charge on any atom is -0.479 e. The van der Waals surface area contributed by atoms with E-state index < -0.39 is 17.4 Å². The summed E-state index contributed by atoms with van der Waals surface area (Å²) in [5, 5.41) is 15.8. The van der Waals surface area contributed by atoms with Crippen LogP contribution in [0.3, 0.4) is 0 Å². The summed E-state index contributed by atoms with van der Waals surface area (Å²) in [4.78, 5) is 36.1. The predicted molar refractivity (Wildman–Crippen MR) is 73.6 cm³/mol. The third-order valence-electron chi connectivity index (χ3n) is 3.66. The van der Waals surface area contributed by atoms with Crippen LogP contribution in [-0.4, -0.2) is 51.2 Å².